The number of amides is 1. The van der Waals surface area contributed by atoms with Crippen LogP contribution in [-0.4, -0.2) is 39.0 Å². The van der Waals surface area contributed by atoms with Gasteiger partial charge in [0, 0.05) is 19.3 Å². The SMILES string of the molecule is O=C(c1ccncc1F)N1CCC[C@H](c2nc(Oc3ccccc3)no2)C1. The number of hydrogen-bond donors (Lipinski definition) is 0. The van der Waals surface area contributed by atoms with Crippen LogP contribution in [0.2, 0.25) is 0 Å². The van der Waals surface area contributed by atoms with Crippen LogP contribution in [0.5, 0.6) is 11.8 Å². The number of nitrogens with zero attached hydrogens (tertiary/aromatic N) is 4. The Morgan fingerprint density at radius 3 is 2.93 bits per heavy atom. The van der Waals surface area contributed by atoms with Gasteiger partial charge in [-0.05, 0) is 36.2 Å². The van der Waals surface area contributed by atoms with Gasteiger partial charge in [-0.1, -0.05) is 18.2 Å². The molecule has 1 aliphatic rings. The molecule has 0 aliphatic carbocycles. The molecule has 8 heteroatoms. The van der Waals surface area contributed by atoms with Gasteiger partial charge < -0.3 is 14.2 Å². The lowest BCUT2D eigenvalue weighted by Crippen LogP contribution is -2.39. The maximum Gasteiger partial charge on any atom is 0.359 e. The van der Waals surface area contributed by atoms with E-state index in [1.54, 1.807) is 17.0 Å². The predicted octanol–water partition coefficient (Wildman–Crippen LogP) is 3.42. The molecule has 4 rings (SSSR count). The van der Waals surface area contributed by atoms with E-state index in [0.29, 0.717) is 24.7 Å². The molecule has 0 unspecified atom stereocenters. The van der Waals surface area contributed by atoms with E-state index in [4.69, 9.17) is 9.26 Å². The maximum atomic E-state index is 13.9. The first-order valence-electron chi connectivity index (χ1n) is 8.66. The van der Waals surface area contributed by atoms with Crippen LogP contribution in [0.3, 0.4) is 0 Å². The Morgan fingerprint density at radius 2 is 2.11 bits per heavy atom. The summed E-state index contributed by atoms with van der Waals surface area (Å²) in [6, 6.07) is 10.7. The van der Waals surface area contributed by atoms with Gasteiger partial charge in [-0.2, -0.15) is 4.98 Å². The average Bonchev–Trinajstić information content (AvgIpc) is 3.17. The highest BCUT2D eigenvalue weighted by Crippen LogP contribution is 2.29. The van der Waals surface area contributed by atoms with Gasteiger partial charge in [0.1, 0.15) is 5.75 Å². The number of likely N-dealkylation sites (tertiary alicyclic amines) is 1. The number of pyridine rings is 1. The van der Waals surface area contributed by atoms with Crippen LogP contribution < -0.4 is 4.74 Å². The summed E-state index contributed by atoms with van der Waals surface area (Å²) < 4.78 is 24.7. The topological polar surface area (TPSA) is 81.4 Å². The molecule has 1 aliphatic heterocycles. The van der Waals surface area contributed by atoms with E-state index in [1.807, 2.05) is 18.2 Å². The molecule has 1 saturated heterocycles. The molecule has 1 fully saturated rings. The summed E-state index contributed by atoms with van der Waals surface area (Å²) in [5, 5.41) is 3.85. The summed E-state index contributed by atoms with van der Waals surface area (Å²) in [6.07, 6.45) is 4.01. The van der Waals surface area contributed by atoms with Crippen molar-refractivity contribution in [2.75, 3.05) is 13.1 Å². The van der Waals surface area contributed by atoms with E-state index < -0.39 is 5.82 Å². The van der Waals surface area contributed by atoms with Crippen molar-refractivity contribution in [1.29, 1.82) is 0 Å². The van der Waals surface area contributed by atoms with Gasteiger partial charge >= 0.3 is 6.01 Å². The van der Waals surface area contributed by atoms with Crippen molar-refractivity contribution < 1.29 is 18.4 Å². The van der Waals surface area contributed by atoms with Crippen molar-refractivity contribution in [3.8, 4) is 11.8 Å². The Labute approximate surface area is 154 Å². The van der Waals surface area contributed by atoms with Crippen molar-refractivity contribution in [2.24, 2.45) is 0 Å². The fourth-order valence-corrected chi connectivity index (χ4v) is 3.10. The minimum atomic E-state index is -0.624. The summed E-state index contributed by atoms with van der Waals surface area (Å²) in [4.78, 5) is 22.2. The normalized spacial score (nSPS) is 16.9. The molecule has 2 aromatic heterocycles. The molecule has 0 spiro atoms. The molecule has 0 saturated carbocycles. The number of benzene rings is 1. The number of hydrogen-bond acceptors (Lipinski definition) is 6. The van der Waals surface area contributed by atoms with Crippen LogP contribution in [0.1, 0.15) is 35.0 Å². The van der Waals surface area contributed by atoms with E-state index in [2.05, 4.69) is 15.1 Å². The fraction of sp³-hybridized carbons (Fsp3) is 0.263. The third-order valence-electron chi connectivity index (χ3n) is 4.44. The highest BCUT2D eigenvalue weighted by Gasteiger charge is 2.30. The molecule has 27 heavy (non-hydrogen) atoms. The average molecular weight is 368 g/mol. The molecular weight excluding hydrogens is 351 g/mol. The molecule has 3 aromatic rings. The molecule has 0 N–H and O–H groups in total. The second-order valence-electron chi connectivity index (χ2n) is 6.28. The van der Waals surface area contributed by atoms with Crippen LogP contribution in [-0.2, 0) is 0 Å². The Bertz CT molecular complexity index is 931. The van der Waals surface area contributed by atoms with E-state index in [1.165, 1.54) is 12.3 Å². The molecule has 138 valence electrons. The lowest BCUT2D eigenvalue weighted by Gasteiger charge is -2.31. The van der Waals surface area contributed by atoms with Gasteiger partial charge in [-0.15, -0.1) is 0 Å². The van der Waals surface area contributed by atoms with Gasteiger partial charge in [-0.3, -0.25) is 9.78 Å². The van der Waals surface area contributed by atoms with Crippen molar-refractivity contribution >= 4 is 5.91 Å². The predicted molar refractivity (Wildman–Crippen MR) is 92.9 cm³/mol. The first-order valence-corrected chi connectivity index (χ1v) is 8.66. The minimum absolute atomic E-state index is 0.0179. The lowest BCUT2D eigenvalue weighted by atomic mass is 9.97. The first kappa shape index (κ1) is 17.1. The fourth-order valence-electron chi connectivity index (χ4n) is 3.10. The van der Waals surface area contributed by atoms with Gasteiger partial charge in [-0.25, -0.2) is 4.39 Å². The van der Waals surface area contributed by atoms with Gasteiger partial charge in [0.15, 0.2) is 5.82 Å². The zero-order valence-electron chi connectivity index (χ0n) is 14.4. The standard InChI is InChI=1S/C19H17FN4O3/c20-16-11-21-9-8-15(16)18(25)24-10-4-5-13(12-24)17-22-19(23-27-17)26-14-6-2-1-3-7-14/h1-3,6-9,11,13H,4-5,10,12H2/t13-/m0/s1. The van der Waals surface area contributed by atoms with E-state index in [0.717, 1.165) is 19.0 Å². The second-order valence-corrected chi connectivity index (χ2v) is 6.28. The summed E-state index contributed by atoms with van der Waals surface area (Å²) in [7, 11) is 0. The summed E-state index contributed by atoms with van der Waals surface area (Å²) in [5.74, 6) is -0.0823. The number of piperidine rings is 1. The Kier molecular flexibility index (Phi) is 4.78. The summed E-state index contributed by atoms with van der Waals surface area (Å²) >= 11 is 0. The van der Waals surface area contributed by atoms with Crippen LogP contribution in [0.15, 0.2) is 53.3 Å². The first-order chi connectivity index (χ1) is 13.2. The van der Waals surface area contributed by atoms with Crippen LogP contribution in [0, 0.1) is 5.82 Å². The van der Waals surface area contributed by atoms with Gasteiger partial charge in [0.05, 0.1) is 17.7 Å². The number of ether oxygens (including phenoxy) is 1. The largest absolute Gasteiger partial charge is 0.422 e. The van der Waals surface area contributed by atoms with Crippen molar-refractivity contribution in [3.05, 3.63) is 66.1 Å². The number of para-hydroxylation sites is 1. The molecule has 1 atom stereocenters. The van der Waals surface area contributed by atoms with Crippen molar-refractivity contribution in [3.63, 3.8) is 0 Å². The number of halogens is 1. The van der Waals surface area contributed by atoms with Crippen LogP contribution in [0.4, 0.5) is 4.39 Å². The Morgan fingerprint density at radius 1 is 1.26 bits per heavy atom. The van der Waals surface area contributed by atoms with Gasteiger partial charge in [0.25, 0.3) is 5.91 Å². The monoisotopic (exact) mass is 368 g/mol. The van der Waals surface area contributed by atoms with Crippen LogP contribution in [0.25, 0.3) is 0 Å². The van der Waals surface area contributed by atoms with Crippen molar-refractivity contribution in [2.45, 2.75) is 18.8 Å². The number of carbonyl (C=O) groups is 1. The van der Waals surface area contributed by atoms with E-state index >= 15 is 0 Å². The van der Waals surface area contributed by atoms with E-state index in [9.17, 15) is 9.18 Å². The third-order valence-corrected chi connectivity index (χ3v) is 4.44. The zero-order valence-corrected chi connectivity index (χ0v) is 14.4. The molecule has 0 bridgehead atoms. The minimum Gasteiger partial charge on any atom is -0.422 e. The summed E-state index contributed by atoms with van der Waals surface area (Å²) in [6.45, 7) is 0.937. The number of rotatable bonds is 4. The molecule has 7 nitrogen and oxygen atoms in total. The van der Waals surface area contributed by atoms with Gasteiger partial charge in [0.2, 0.25) is 5.89 Å². The quantitative estimate of drug-likeness (QED) is 0.702. The Balaban J connectivity index is 1.46. The number of aromatic nitrogens is 3. The zero-order chi connectivity index (χ0) is 18.6. The van der Waals surface area contributed by atoms with Crippen molar-refractivity contribution in [1.82, 2.24) is 20.0 Å². The molecule has 1 aromatic carbocycles. The van der Waals surface area contributed by atoms with E-state index in [-0.39, 0.29) is 23.4 Å². The highest BCUT2D eigenvalue weighted by molar-refractivity contribution is 5.94. The second kappa shape index (κ2) is 7.53. The van der Waals surface area contributed by atoms with Crippen LogP contribution >= 0.6 is 0 Å². The molecule has 3 heterocycles. The number of carbonyl (C=O) groups excluding carboxylic acids is 1. The molecule has 1 amide bonds. The smallest absolute Gasteiger partial charge is 0.359 e. The highest BCUT2D eigenvalue weighted by atomic mass is 19.1. The molecule has 0 radical (unpaired) electrons. The maximum absolute atomic E-state index is 13.9. The third kappa shape index (κ3) is 3.79. The Hall–Kier alpha value is -3.29. The molecular formula is C19H17FN4O3. The summed E-state index contributed by atoms with van der Waals surface area (Å²) in [5.41, 5.74) is 0.0179. The lowest BCUT2D eigenvalue weighted by molar-refractivity contribution is 0.0690.